The molecule has 0 aliphatic rings. The minimum Gasteiger partial charge on any atom is -0.478 e. The average molecular weight is 410 g/mol. The molecule has 15 heavy (non-hydrogen) atoms. The molecule has 2 aromatic rings. The SMILES string of the molecule is O=C(O)c1cccc2cccc(I)c12.[Cd]. The van der Waals surface area contributed by atoms with Gasteiger partial charge in [0.2, 0.25) is 0 Å². The molecule has 0 radical (unpaired) electrons. The topological polar surface area (TPSA) is 37.3 Å². The van der Waals surface area contributed by atoms with Gasteiger partial charge in [0.15, 0.2) is 0 Å². The molecular formula is C11H7CdIO2. The van der Waals surface area contributed by atoms with Crippen molar-refractivity contribution in [3.63, 3.8) is 0 Å². The van der Waals surface area contributed by atoms with Gasteiger partial charge in [0.1, 0.15) is 0 Å². The predicted octanol–water partition coefficient (Wildman–Crippen LogP) is 3.14. The Morgan fingerprint density at radius 1 is 1.13 bits per heavy atom. The molecule has 1 N–H and O–H groups in total. The summed E-state index contributed by atoms with van der Waals surface area (Å²) in [5, 5.41) is 10.8. The largest absolute Gasteiger partial charge is 0.478 e. The van der Waals surface area contributed by atoms with Gasteiger partial charge in [0.05, 0.1) is 5.56 Å². The molecule has 2 aromatic carbocycles. The number of hydrogen-bond donors (Lipinski definition) is 1. The molecule has 4 heteroatoms. The minimum absolute atomic E-state index is 0. The molecule has 0 aliphatic heterocycles. The van der Waals surface area contributed by atoms with Gasteiger partial charge in [-0.1, -0.05) is 24.3 Å². The summed E-state index contributed by atoms with van der Waals surface area (Å²) in [4.78, 5) is 11.0. The third-order valence-corrected chi connectivity index (χ3v) is 2.98. The Bertz CT molecular complexity index is 506. The van der Waals surface area contributed by atoms with Gasteiger partial charge in [0.25, 0.3) is 0 Å². The van der Waals surface area contributed by atoms with Crippen LogP contribution in [0.3, 0.4) is 0 Å². The molecule has 0 atom stereocenters. The van der Waals surface area contributed by atoms with Crippen LogP contribution < -0.4 is 0 Å². The predicted molar refractivity (Wildman–Crippen MR) is 63.6 cm³/mol. The molecule has 72 valence electrons. The van der Waals surface area contributed by atoms with E-state index >= 15 is 0 Å². The van der Waals surface area contributed by atoms with E-state index in [2.05, 4.69) is 22.6 Å². The maximum absolute atomic E-state index is 11.0. The Morgan fingerprint density at radius 3 is 2.33 bits per heavy atom. The smallest absolute Gasteiger partial charge is 0.336 e. The van der Waals surface area contributed by atoms with Crippen LogP contribution in [-0.2, 0) is 27.3 Å². The van der Waals surface area contributed by atoms with Crippen molar-refractivity contribution < 1.29 is 37.2 Å². The molecule has 0 heterocycles. The van der Waals surface area contributed by atoms with Gasteiger partial charge in [-0.2, -0.15) is 0 Å². The van der Waals surface area contributed by atoms with Crippen molar-refractivity contribution in [3.8, 4) is 0 Å². The number of rotatable bonds is 1. The van der Waals surface area contributed by atoms with Gasteiger partial charge in [-0.05, 0) is 40.1 Å². The molecule has 0 fully saturated rings. The summed E-state index contributed by atoms with van der Waals surface area (Å²) in [7, 11) is 0. The summed E-state index contributed by atoms with van der Waals surface area (Å²) in [6, 6.07) is 11.1. The van der Waals surface area contributed by atoms with Crippen LogP contribution in [-0.4, -0.2) is 11.1 Å². The van der Waals surface area contributed by atoms with E-state index in [-0.39, 0.29) is 27.3 Å². The molecule has 0 saturated heterocycles. The van der Waals surface area contributed by atoms with Crippen LogP contribution in [0.25, 0.3) is 10.8 Å². The van der Waals surface area contributed by atoms with Crippen molar-refractivity contribution in [2.75, 3.05) is 0 Å². The number of carboxylic acid groups (broad SMARTS) is 1. The average Bonchev–Trinajstić information content (AvgIpc) is 2.17. The number of carboxylic acids is 1. The van der Waals surface area contributed by atoms with Crippen LogP contribution in [0.5, 0.6) is 0 Å². The summed E-state index contributed by atoms with van der Waals surface area (Å²) >= 11 is 2.15. The second-order valence-electron chi connectivity index (χ2n) is 2.95. The maximum Gasteiger partial charge on any atom is 0.336 e. The number of fused-ring (bicyclic) bond motifs is 1. The first-order valence-corrected chi connectivity index (χ1v) is 5.18. The molecule has 2 rings (SSSR count). The Morgan fingerprint density at radius 2 is 1.73 bits per heavy atom. The van der Waals surface area contributed by atoms with Gasteiger partial charge in [0, 0.05) is 36.3 Å². The maximum atomic E-state index is 11.0. The molecule has 2 nitrogen and oxygen atoms in total. The molecule has 0 aliphatic carbocycles. The van der Waals surface area contributed by atoms with E-state index in [1.807, 2.05) is 24.3 Å². The first kappa shape index (κ1) is 12.9. The zero-order valence-corrected chi connectivity index (χ0v) is 14.1. The van der Waals surface area contributed by atoms with Crippen molar-refractivity contribution in [2.45, 2.75) is 0 Å². The van der Waals surface area contributed by atoms with E-state index in [1.165, 1.54) is 0 Å². The second kappa shape index (κ2) is 5.24. The minimum atomic E-state index is -0.875. The summed E-state index contributed by atoms with van der Waals surface area (Å²) in [6.07, 6.45) is 0. The summed E-state index contributed by atoms with van der Waals surface area (Å²) in [6.45, 7) is 0. The van der Waals surface area contributed by atoms with Crippen LogP contribution in [0.15, 0.2) is 36.4 Å². The molecular weight excluding hydrogens is 403 g/mol. The van der Waals surface area contributed by atoms with E-state index in [4.69, 9.17) is 5.11 Å². The Labute approximate surface area is 121 Å². The first-order chi connectivity index (χ1) is 6.70. The summed E-state index contributed by atoms with van der Waals surface area (Å²) in [5.74, 6) is -0.875. The van der Waals surface area contributed by atoms with Crippen LogP contribution in [0.4, 0.5) is 0 Å². The van der Waals surface area contributed by atoms with Gasteiger partial charge >= 0.3 is 5.97 Å². The van der Waals surface area contributed by atoms with Crippen molar-refractivity contribution in [1.29, 1.82) is 0 Å². The van der Waals surface area contributed by atoms with Crippen molar-refractivity contribution in [2.24, 2.45) is 0 Å². The van der Waals surface area contributed by atoms with E-state index < -0.39 is 5.97 Å². The zero-order chi connectivity index (χ0) is 10.1. The van der Waals surface area contributed by atoms with Crippen LogP contribution in [0.1, 0.15) is 10.4 Å². The monoisotopic (exact) mass is 412 g/mol. The van der Waals surface area contributed by atoms with Crippen LogP contribution >= 0.6 is 22.6 Å². The molecule has 0 amide bonds. The van der Waals surface area contributed by atoms with E-state index in [0.717, 1.165) is 14.3 Å². The van der Waals surface area contributed by atoms with Gasteiger partial charge in [-0.15, -0.1) is 0 Å². The number of carbonyl (C=O) groups is 1. The number of hydrogen-bond acceptors (Lipinski definition) is 1. The third kappa shape index (κ3) is 2.50. The zero-order valence-electron chi connectivity index (χ0n) is 7.90. The van der Waals surface area contributed by atoms with Crippen molar-refractivity contribution in [1.82, 2.24) is 0 Å². The molecule has 0 spiro atoms. The molecule has 0 unspecified atom stereocenters. The number of aromatic carboxylic acids is 1. The van der Waals surface area contributed by atoms with E-state index in [0.29, 0.717) is 5.56 Å². The summed E-state index contributed by atoms with van der Waals surface area (Å²) < 4.78 is 0.970. The van der Waals surface area contributed by atoms with Crippen molar-refractivity contribution >= 4 is 39.3 Å². The Kier molecular flexibility index (Phi) is 4.50. The fourth-order valence-corrected chi connectivity index (χ4v) is 2.28. The van der Waals surface area contributed by atoms with Crippen LogP contribution in [0, 0.1) is 3.57 Å². The fraction of sp³-hybridized carbons (Fsp3) is 0. The standard InChI is InChI=1S/C11H7IO2.Cd/c12-9-6-2-4-7-3-1-5-8(10(7)9)11(13)14;/h1-6H,(H,13,14);. The van der Waals surface area contributed by atoms with E-state index in [1.54, 1.807) is 12.1 Å². The molecule has 0 aromatic heterocycles. The second-order valence-corrected chi connectivity index (χ2v) is 4.11. The normalized spacial score (nSPS) is 9.67. The fourth-order valence-electron chi connectivity index (χ4n) is 1.47. The number of benzene rings is 2. The summed E-state index contributed by atoms with van der Waals surface area (Å²) in [5.41, 5.74) is 0.368. The molecule has 0 saturated carbocycles. The Hall–Kier alpha value is -0.178. The first-order valence-electron chi connectivity index (χ1n) is 4.10. The Balaban J connectivity index is 0.00000112. The molecule has 0 bridgehead atoms. The van der Waals surface area contributed by atoms with Gasteiger partial charge in [-0.3, -0.25) is 0 Å². The number of halogens is 1. The van der Waals surface area contributed by atoms with Crippen molar-refractivity contribution in [3.05, 3.63) is 45.5 Å². The van der Waals surface area contributed by atoms with Gasteiger partial charge in [-0.25, -0.2) is 4.79 Å². The third-order valence-electron chi connectivity index (χ3n) is 2.08. The quantitative estimate of drug-likeness (QED) is 0.579. The van der Waals surface area contributed by atoms with Gasteiger partial charge < -0.3 is 5.11 Å². The van der Waals surface area contributed by atoms with Crippen LogP contribution in [0.2, 0.25) is 0 Å². The van der Waals surface area contributed by atoms with E-state index in [9.17, 15) is 4.79 Å².